The second kappa shape index (κ2) is 7.82. The molecule has 0 aliphatic heterocycles. The van der Waals surface area contributed by atoms with Crippen LogP contribution >= 0.6 is 0 Å². The molecule has 0 unspecified atom stereocenters. The van der Waals surface area contributed by atoms with Gasteiger partial charge in [-0.1, -0.05) is 12.1 Å². The molecule has 0 saturated carbocycles. The molecule has 27 heavy (non-hydrogen) atoms. The van der Waals surface area contributed by atoms with Crippen molar-refractivity contribution in [2.24, 2.45) is 5.73 Å². The molecule has 2 N–H and O–H groups in total. The number of methoxy groups -OCH3 is 2. The highest BCUT2D eigenvalue weighted by Crippen LogP contribution is 2.34. The zero-order chi connectivity index (χ0) is 19.4. The monoisotopic (exact) mass is 368 g/mol. The summed E-state index contributed by atoms with van der Waals surface area (Å²) in [4.78, 5) is 16.0. The minimum atomic E-state index is -0.552. The van der Waals surface area contributed by atoms with Gasteiger partial charge >= 0.3 is 0 Å². The Balaban J connectivity index is 1.87. The molecule has 7 heteroatoms. The van der Waals surface area contributed by atoms with Gasteiger partial charge in [0.15, 0.2) is 0 Å². The number of rotatable bonds is 7. The molecule has 2 aromatic carbocycles. The van der Waals surface area contributed by atoms with Crippen LogP contribution in [0.2, 0.25) is 0 Å². The standard InChI is InChI=1S/C20H20N2O5/c1-12-16(11-26-18-7-5-4-6-14(18)19(21)23)22-20(27-12)15-10-13(24-2)8-9-17(15)25-3/h4-10H,11H2,1-3H3,(H2,21,23). The van der Waals surface area contributed by atoms with E-state index < -0.39 is 5.91 Å². The summed E-state index contributed by atoms with van der Waals surface area (Å²) in [6.07, 6.45) is 0. The van der Waals surface area contributed by atoms with E-state index in [1.165, 1.54) is 0 Å². The lowest BCUT2D eigenvalue weighted by atomic mass is 10.2. The number of oxazole rings is 1. The molecule has 0 atom stereocenters. The second-order valence-corrected chi connectivity index (χ2v) is 5.74. The molecule has 0 bridgehead atoms. The molecule has 0 spiro atoms. The SMILES string of the molecule is COc1ccc(OC)c(-c2nc(COc3ccccc3C(N)=O)c(C)o2)c1. The summed E-state index contributed by atoms with van der Waals surface area (Å²) in [5.74, 6) is 2.12. The maximum absolute atomic E-state index is 11.5. The van der Waals surface area contributed by atoms with Crippen molar-refractivity contribution in [1.29, 1.82) is 0 Å². The number of nitrogens with zero attached hydrogens (tertiary/aromatic N) is 1. The van der Waals surface area contributed by atoms with Crippen LogP contribution in [0.3, 0.4) is 0 Å². The Kier molecular flexibility index (Phi) is 5.30. The van der Waals surface area contributed by atoms with Crippen LogP contribution in [0.25, 0.3) is 11.5 Å². The Bertz CT molecular complexity index is 965. The van der Waals surface area contributed by atoms with Crippen molar-refractivity contribution in [2.75, 3.05) is 14.2 Å². The molecule has 140 valence electrons. The number of para-hydroxylation sites is 1. The number of hydrogen-bond acceptors (Lipinski definition) is 6. The van der Waals surface area contributed by atoms with Gasteiger partial charge in [0.1, 0.15) is 35.3 Å². The largest absolute Gasteiger partial charge is 0.497 e. The van der Waals surface area contributed by atoms with E-state index in [9.17, 15) is 4.79 Å². The molecule has 7 nitrogen and oxygen atoms in total. The smallest absolute Gasteiger partial charge is 0.252 e. The van der Waals surface area contributed by atoms with E-state index in [1.54, 1.807) is 63.6 Å². The molecule has 1 heterocycles. The summed E-state index contributed by atoms with van der Waals surface area (Å²) >= 11 is 0. The van der Waals surface area contributed by atoms with Gasteiger partial charge in [-0.25, -0.2) is 4.98 Å². The van der Waals surface area contributed by atoms with Crippen molar-refractivity contribution >= 4 is 5.91 Å². The van der Waals surface area contributed by atoms with Gasteiger partial charge < -0.3 is 24.4 Å². The fourth-order valence-electron chi connectivity index (χ4n) is 2.60. The zero-order valence-corrected chi connectivity index (χ0v) is 15.3. The Morgan fingerprint density at radius 3 is 2.59 bits per heavy atom. The number of aryl methyl sites for hydroxylation is 1. The van der Waals surface area contributed by atoms with Crippen LogP contribution in [0.1, 0.15) is 21.8 Å². The molecule has 1 aromatic heterocycles. The van der Waals surface area contributed by atoms with E-state index in [0.29, 0.717) is 45.7 Å². The van der Waals surface area contributed by atoms with Gasteiger partial charge in [0.05, 0.1) is 25.3 Å². The fraction of sp³-hybridized carbons (Fsp3) is 0.200. The molecule has 0 fully saturated rings. The number of amides is 1. The number of ether oxygens (including phenoxy) is 3. The lowest BCUT2D eigenvalue weighted by Crippen LogP contribution is -2.13. The van der Waals surface area contributed by atoms with Crippen molar-refractivity contribution in [2.45, 2.75) is 13.5 Å². The second-order valence-electron chi connectivity index (χ2n) is 5.74. The first-order valence-corrected chi connectivity index (χ1v) is 8.23. The highest BCUT2D eigenvalue weighted by Gasteiger charge is 2.17. The molecular weight excluding hydrogens is 348 g/mol. The molecule has 0 radical (unpaired) electrons. The topological polar surface area (TPSA) is 96.8 Å². The molecule has 3 aromatic rings. The Labute approximate surface area is 156 Å². The number of hydrogen-bond donors (Lipinski definition) is 1. The van der Waals surface area contributed by atoms with E-state index in [-0.39, 0.29) is 6.61 Å². The Hall–Kier alpha value is -3.48. The summed E-state index contributed by atoms with van der Waals surface area (Å²) in [6, 6.07) is 12.2. The number of carbonyl (C=O) groups excluding carboxylic acids is 1. The minimum absolute atomic E-state index is 0.131. The average molecular weight is 368 g/mol. The number of nitrogens with two attached hydrogens (primary N) is 1. The number of aromatic nitrogens is 1. The number of primary amides is 1. The maximum atomic E-state index is 11.5. The van der Waals surface area contributed by atoms with E-state index >= 15 is 0 Å². The van der Waals surface area contributed by atoms with Crippen LogP contribution in [-0.2, 0) is 6.61 Å². The van der Waals surface area contributed by atoms with Gasteiger partial charge in [-0.15, -0.1) is 0 Å². The summed E-state index contributed by atoms with van der Waals surface area (Å²) in [6.45, 7) is 1.92. The minimum Gasteiger partial charge on any atom is -0.497 e. The van der Waals surface area contributed by atoms with Crippen LogP contribution in [0.4, 0.5) is 0 Å². The first-order chi connectivity index (χ1) is 13.0. The van der Waals surface area contributed by atoms with Crippen molar-refractivity contribution < 1.29 is 23.4 Å². The molecule has 0 saturated heterocycles. The zero-order valence-electron chi connectivity index (χ0n) is 15.3. The van der Waals surface area contributed by atoms with Gasteiger partial charge in [-0.2, -0.15) is 0 Å². The molecule has 0 aliphatic rings. The predicted molar refractivity (Wildman–Crippen MR) is 99.1 cm³/mol. The third-order valence-electron chi connectivity index (χ3n) is 4.05. The van der Waals surface area contributed by atoms with E-state index in [1.807, 2.05) is 0 Å². The first-order valence-electron chi connectivity index (χ1n) is 8.23. The number of benzene rings is 2. The van der Waals surface area contributed by atoms with E-state index in [2.05, 4.69) is 4.98 Å². The third kappa shape index (κ3) is 3.87. The molecule has 3 rings (SSSR count). The van der Waals surface area contributed by atoms with Gasteiger partial charge in [0.25, 0.3) is 5.91 Å². The average Bonchev–Trinajstić information content (AvgIpc) is 3.06. The van der Waals surface area contributed by atoms with Crippen molar-refractivity contribution in [3.8, 4) is 28.7 Å². The van der Waals surface area contributed by atoms with Crippen LogP contribution in [0, 0.1) is 6.92 Å². The lowest BCUT2D eigenvalue weighted by molar-refractivity contribution is 0.0996. The van der Waals surface area contributed by atoms with E-state index in [4.69, 9.17) is 24.4 Å². The van der Waals surface area contributed by atoms with Crippen LogP contribution in [-0.4, -0.2) is 25.1 Å². The van der Waals surface area contributed by atoms with Gasteiger partial charge in [0.2, 0.25) is 5.89 Å². The highest BCUT2D eigenvalue weighted by molar-refractivity contribution is 5.95. The quantitative estimate of drug-likeness (QED) is 0.687. The summed E-state index contributed by atoms with van der Waals surface area (Å²) in [5, 5.41) is 0. The maximum Gasteiger partial charge on any atom is 0.252 e. The molecular formula is C20H20N2O5. The third-order valence-corrected chi connectivity index (χ3v) is 4.05. The van der Waals surface area contributed by atoms with Crippen LogP contribution < -0.4 is 19.9 Å². The van der Waals surface area contributed by atoms with Crippen molar-refractivity contribution in [1.82, 2.24) is 4.98 Å². The van der Waals surface area contributed by atoms with Crippen LogP contribution in [0.5, 0.6) is 17.2 Å². The summed E-state index contributed by atoms with van der Waals surface area (Å²) < 4.78 is 22.2. The number of carbonyl (C=O) groups is 1. The van der Waals surface area contributed by atoms with Crippen molar-refractivity contribution in [3.05, 3.63) is 59.5 Å². The summed E-state index contributed by atoms with van der Waals surface area (Å²) in [7, 11) is 3.16. The van der Waals surface area contributed by atoms with Gasteiger partial charge in [0, 0.05) is 0 Å². The Morgan fingerprint density at radius 2 is 1.89 bits per heavy atom. The first kappa shape index (κ1) is 18.3. The van der Waals surface area contributed by atoms with Gasteiger partial charge in [-0.05, 0) is 37.3 Å². The molecule has 1 amide bonds. The van der Waals surface area contributed by atoms with E-state index in [0.717, 1.165) is 0 Å². The highest BCUT2D eigenvalue weighted by atomic mass is 16.5. The fourth-order valence-corrected chi connectivity index (χ4v) is 2.60. The molecule has 0 aliphatic carbocycles. The van der Waals surface area contributed by atoms with Gasteiger partial charge in [-0.3, -0.25) is 4.79 Å². The van der Waals surface area contributed by atoms with Crippen molar-refractivity contribution in [3.63, 3.8) is 0 Å². The summed E-state index contributed by atoms with van der Waals surface area (Å²) in [5.41, 5.74) is 6.96. The normalized spacial score (nSPS) is 10.5. The predicted octanol–water partition coefficient (Wildman–Crippen LogP) is 3.35. The van der Waals surface area contributed by atoms with Crippen LogP contribution in [0.15, 0.2) is 46.9 Å². The lowest BCUT2D eigenvalue weighted by Gasteiger charge is -2.08. The Morgan fingerprint density at radius 1 is 1.11 bits per heavy atom.